The third-order valence-electron chi connectivity index (χ3n) is 7.53. The van der Waals surface area contributed by atoms with Gasteiger partial charge < -0.3 is 57.4 Å². The number of Topliss-reactive ketones (excluding diaryl/α,β-unsaturated/α-hetero) is 1. The van der Waals surface area contributed by atoms with Crippen LogP contribution < -0.4 is 10.6 Å². The molecule has 0 aromatic carbocycles. The molecule has 0 radical (unpaired) electrons. The Morgan fingerprint density at radius 3 is 2.07 bits per heavy atom. The van der Waals surface area contributed by atoms with Crippen molar-refractivity contribution in [2.24, 2.45) is 4.99 Å². The number of methoxy groups -OCH3 is 1. The molecule has 2 aliphatic heterocycles. The van der Waals surface area contributed by atoms with Crippen molar-refractivity contribution in [2.45, 2.75) is 109 Å². The highest BCUT2D eigenvalue weighted by Gasteiger charge is 2.49. The van der Waals surface area contributed by atoms with Gasteiger partial charge in [-0.1, -0.05) is 5.92 Å². The van der Waals surface area contributed by atoms with Crippen LogP contribution in [0.15, 0.2) is 16.8 Å². The molecule has 332 valence electrons. The number of hydrogen-bond acceptors (Lipinski definition) is 18. The number of esters is 2. The fourth-order valence-electron chi connectivity index (χ4n) is 5.30. The highest BCUT2D eigenvalue weighted by atomic mass is 16.8. The predicted octanol–water partition coefficient (Wildman–Crippen LogP) is 1.94. The highest BCUT2D eigenvalue weighted by molar-refractivity contribution is 6.04. The number of nitrogens with zero attached hydrogens (tertiary/aromatic N) is 1. The lowest BCUT2D eigenvalue weighted by Gasteiger charge is -2.40. The molecule has 20 nitrogen and oxygen atoms in total. The van der Waals surface area contributed by atoms with Crippen molar-refractivity contribution < 1.29 is 80.9 Å². The molecular formula is C39H59N3O17. The molecule has 2 heterocycles. The quantitative estimate of drug-likeness (QED) is 0.0352. The number of carbonyl (C=O) groups excluding carboxylic acids is 6. The standard InChI is InChI=1S/C39H59N3O17/c1-10-13-50-15-17-52-19-20-53-18-16-51-14-11-12-26(44)23-54-33(29-24-55-37(48)57-29)34-32(40-25(2)43)27(21-28(56-34)35(46)49-9)41-30(22-31(45)58-38(3,4)5)42-36(47)59-39(6,7)8/h1,21,27,29,32-34H,11-20,22-24H2,2-9H3,(H,40,43)(H,41,42,47)/t27-,29+,32+,33+,34+/m0/s1. The van der Waals surface area contributed by atoms with Crippen molar-refractivity contribution in [2.75, 3.05) is 73.2 Å². The van der Waals surface area contributed by atoms with E-state index in [1.54, 1.807) is 41.5 Å². The summed E-state index contributed by atoms with van der Waals surface area (Å²) in [4.78, 5) is 81.2. The molecule has 5 atom stereocenters. The number of ether oxygens (including phenoxy) is 11. The van der Waals surface area contributed by atoms with Crippen LogP contribution in [0.1, 0.15) is 67.7 Å². The van der Waals surface area contributed by atoms with Crippen LogP contribution in [-0.4, -0.2) is 156 Å². The Morgan fingerprint density at radius 2 is 1.53 bits per heavy atom. The van der Waals surface area contributed by atoms with E-state index in [0.717, 1.165) is 7.11 Å². The normalized spacial score (nSPS) is 19.8. The van der Waals surface area contributed by atoms with Crippen LogP contribution >= 0.6 is 0 Å². The fraction of sp³-hybridized carbons (Fsp3) is 0.718. The largest absolute Gasteiger partial charge is 0.508 e. The minimum absolute atomic E-state index is 0.0510. The smallest absolute Gasteiger partial charge is 0.478 e. The van der Waals surface area contributed by atoms with E-state index >= 15 is 0 Å². The molecular weight excluding hydrogens is 782 g/mol. The SMILES string of the molecule is C#CCOCCOCCOCCOCCCC(=O)CO[C@@H]([C@@H]1OC(C(=O)OC)=C[C@H](N=C(CC(=O)OC(C)(C)C)NC(=O)OC(C)(C)C)[C@H]1NC(C)=O)[C@H]1COC(=O)O1. The summed E-state index contributed by atoms with van der Waals surface area (Å²) < 4.78 is 59.6. The van der Waals surface area contributed by atoms with Gasteiger partial charge in [0.1, 0.15) is 49.4 Å². The van der Waals surface area contributed by atoms with Crippen molar-refractivity contribution in [3.05, 3.63) is 11.8 Å². The van der Waals surface area contributed by atoms with Gasteiger partial charge in [0.05, 0.1) is 58.8 Å². The van der Waals surface area contributed by atoms with Crippen LogP contribution in [0, 0.1) is 12.3 Å². The lowest BCUT2D eigenvalue weighted by Crippen LogP contribution is -2.60. The maximum Gasteiger partial charge on any atom is 0.508 e. The molecule has 0 spiro atoms. The average molecular weight is 842 g/mol. The Morgan fingerprint density at radius 1 is 0.915 bits per heavy atom. The zero-order chi connectivity index (χ0) is 44.0. The van der Waals surface area contributed by atoms with E-state index in [9.17, 15) is 28.8 Å². The molecule has 59 heavy (non-hydrogen) atoms. The Balaban J connectivity index is 2.25. The molecule has 0 aliphatic carbocycles. The van der Waals surface area contributed by atoms with Gasteiger partial charge in [-0.25, -0.2) is 14.4 Å². The fourth-order valence-corrected chi connectivity index (χ4v) is 5.30. The van der Waals surface area contributed by atoms with E-state index in [2.05, 4.69) is 21.5 Å². The number of nitrogens with one attached hydrogen (secondary N) is 2. The van der Waals surface area contributed by atoms with E-state index in [0.29, 0.717) is 46.1 Å². The number of amidine groups is 1. The number of cyclic esters (lactones) is 2. The summed E-state index contributed by atoms with van der Waals surface area (Å²) in [6.45, 7) is 12.9. The highest BCUT2D eigenvalue weighted by Crippen LogP contribution is 2.30. The van der Waals surface area contributed by atoms with Crippen LogP contribution in [-0.2, 0) is 71.3 Å². The summed E-state index contributed by atoms with van der Waals surface area (Å²) in [5.74, 6) is -0.937. The maximum absolute atomic E-state index is 13.0. The molecule has 0 bridgehead atoms. The van der Waals surface area contributed by atoms with Crippen molar-refractivity contribution in [1.29, 1.82) is 0 Å². The van der Waals surface area contributed by atoms with E-state index in [-0.39, 0.29) is 37.9 Å². The monoisotopic (exact) mass is 841 g/mol. The van der Waals surface area contributed by atoms with Gasteiger partial charge in [0.25, 0.3) is 0 Å². The second kappa shape index (κ2) is 25.6. The number of carbonyl (C=O) groups is 6. The first-order valence-electron chi connectivity index (χ1n) is 19.1. The number of aliphatic imine (C=N–C) groups is 1. The van der Waals surface area contributed by atoms with E-state index in [4.69, 9.17) is 58.5 Å². The Labute approximate surface area is 344 Å². The molecule has 20 heteroatoms. The van der Waals surface area contributed by atoms with Gasteiger partial charge in [-0.15, -0.1) is 6.42 Å². The van der Waals surface area contributed by atoms with Crippen LogP contribution in [0.3, 0.4) is 0 Å². The van der Waals surface area contributed by atoms with Gasteiger partial charge in [0.2, 0.25) is 11.7 Å². The first-order chi connectivity index (χ1) is 27.8. The topological polar surface area (TPSA) is 240 Å². The summed E-state index contributed by atoms with van der Waals surface area (Å²) in [7, 11) is 1.10. The van der Waals surface area contributed by atoms with E-state index in [1.807, 2.05) is 0 Å². The van der Waals surface area contributed by atoms with Crippen molar-refractivity contribution in [3.63, 3.8) is 0 Å². The molecule has 2 N–H and O–H groups in total. The van der Waals surface area contributed by atoms with Gasteiger partial charge in [-0.3, -0.25) is 24.7 Å². The van der Waals surface area contributed by atoms with Gasteiger partial charge in [-0.2, -0.15) is 0 Å². The van der Waals surface area contributed by atoms with Crippen LogP contribution in [0.5, 0.6) is 0 Å². The molecule has 1 fully saturated rings. The summed E-state index contributed by atoms with van der Waals surface area (Å²) in [5, 5.41) is 5.17. The number of terminal acetylenes is 1. The first kappa shape index (κ1) is 50.3. The van der Waals surface area contributed by atoms with Crippen molar-refractivity contribution in [1.82, 2.24) is 10.6 Å². The second-order valence-corrected chi connectivity index (χ2v) is 15.0. The Bertz CT molecular complexity index is 1480. The Kier molecular flexibility index (Phi) is 21.9. The van der Waals surface area contributed by atoms with E-state index in [1.165, 1.54) is 13.0 Å². The summed E-state index contributed by atoms with van der Waals surface area (Å²) in [6, 6.07) is -2.50. The van der Waals surface area contributed by atoms with Crippen LogP contribution in [0.25, 0.3) is 0 Å². The minimum Gasteiger partial charge on any atom is -0.478 e. The molecule has 1 saturated heterocycles. The zero-order valence-corrected chi connectivity index (χ0v) is 35.1. The third kappa shape index (κ3) is 21.1. The van der Waals surface area contributed by atoms with Gasteiger partial charge in [-0.05, 0) is 54.0 Å². The minimum atomic E-state index is -1.40. The van der Waals surface area contributed by atoms with Gasteiger partial charge in [0.15, 0.2) is 18.0 Å². The van der Waals surface area contributed by atoms with E-state index < -0.39 is 90.5 Å². The number of ketones is 1. The van der Waals surface area contributed by atoms with Gasteiger partial charge in [0, 0.05) is 20.0 Å². The van der Waals surface area contributed by atoms with Crippen molar-refractivity contribution in [3.8, 4) is 12.3 Å². The second-order valence-electron chi connectivity index (χ2n) is 15.0. The average Bonchev–Trinajstić information content (AvgIpc) is 3.56. The molecule has 0 saturated carbocycles. The molecule has 2 rings (SSSR count). The van der Waals surface area contributed by atoms with Crippen LogP contribution in [0.2, 0.25) is 0 Å². The molecule has 0 aromatic rings. The number of rotatable bonds is 24. The molecule has 2 aliphatic rings. The maximum atomic E-state index is 13.0. The predicted molar refractivity (Wildman–Crippen MR) is 206 cm³/mol. The summed E-state index contributed by atoms with van der Waals surface area (Å²) in [6.07, 6.45) is 0.233. The molecule has 0 aromatic heterocycles. The number of amides is 2. The molecule has 2 amide bonds. The van der Waals surface area contributed by atoms with Gasteiger partial charge >= 0.3 is 24.2 Å². The lowest BCUT2D eigenvalue weighted by molar-refractivity contribution is -0.155. The number of hydrogen-bond donors (Lipinski definition) is 2. The number of alkyl carbamates (subject to hydrolysis) is 1. The summed E-state index contributed by atoms with van der Waals surface area (Å²) in [5.41, 5.74) is -1.82. The lowest BCUT2D eigenvalue weighted by atomic mass is 9.92. The van der Waals surface area contributed by atoms with Crippen molar-refractivity contribution >= 4 is 41.7 Å². The first-order valence-corrected chi connectivity index (χ1v) is 19.1. The molecule has 0 unspecified atom stereocenters. The van der Waals surface area contributed by atoms with Crippen LogP contribution in [0.4, 0.5) is 9.59 Å². The zero-order valence-electron chi connectivity index (χ0n) is 35.1. The summed E-state index contributed by atoms with van der Waals surface area (Å²) >= 11 is 0. The Hall–Kier alpha value is -4.81. The third-order valence-corrected chi connectivity index (χ3v) is 7.53.